The second kappa shape index (κ2) is 7.86. The molecule has 2 N–H and O–H groups in total. The third-order valence-electron chi connectivity index (χ3n) is 4.93. The van der Waals surface area contributed by atoms with Gasteiger partial charge in [0.2, 0.25) is 24.5 Å². The van der Waals surface area contributed by atoms with Gasteiger partial charge in [0, 0.05) is 24.7 Å². The highest BCUT2D eigenvalue weighted by atomic mass is 16.7. The maximum atomic E-state index is 12.6. The molecule has 0 aliphatic carbocycles. The summed E-state index contributed by atoms with van der Waals surface area (Å²) in [4.78, 5) is 38.7. The number of nitrogens with one attached hydrogen (secondary N) is 2. The largest absolute Gasteiger partial charge is 0.467 e. The fourth-order valence-electron chi connectivity index (χ4n) is 3.32. The van der Waals surface area contributed by atoms with Crippen LogP contribution in [0.2, 0.25) is 0 Å². The SMILES string of the molecule is C[C@H](NC(=O)[C@H]1CC(=O)N(c2ccc3c(c2)OCO3)C1)C(=O)NCc1ccco1. The van der Waals surface area contributed by atoms with E-state index in [0.717, 1.165) is 0 Å². The molecule has 0 spiro atoms. The van der Waals surface area contributed by atoms with Crippen LogP contribution in [0.4, 0.5) is 5.69 Å². The number of carbonyl (C=O) groups is 3. The Morgan fingerprint density at radius 2 is 2.07 bits per heavy atom. The van der Waals surface area contributed by atoms with Crippen LogP contribution in [0.3, 0.4) is 0 Å². The first kappa shape index (κ1) is 18.9. The van der Waals surface area contributed by atoms with E-state index in [4.69, 9.17) is 13.9 Å². The Hall–Kier alpha value is -3.49. The smallest absolute Gasteiger partial charge is 0.242 e. The zero-order chi connectivity index (χ0) is 20.4. The molecular formula is C20H21N3O6. The van der Waals surface area contributed by atoms with Crippen LogP contribution in [-0.2, 0) is 20.9 Å². The molecule has 9 nitrogen and oxygen atoms in total. The summed E-state index contributed by atoms with van der Waals surface area (Å²) in [6, 6.07) is 7.98. The molecule has 2 aromatic rings. The van der Waals surface area contributed by atoms with Crippen molar-refractivity contribution in [3.63, 3.8) is 0 Å². The Labute approximate surface area is 166 Å². The molecule has 0 bridgehead atoms. The minimum absolute atomic E-state index is 0.0843. The van der Waals surface area contributed by atoms with E-state index in [-0.39, 0.29) is 44.0 Å². The summed E-state index contributed by atoms with van der Waals surface area (Å²) in [5.74, 6) is 0.480. The lowest BCUT2D eigenvalue weighted by Gasteiger charge is -2.18. The Bertz CT molecular complexity index is 926. The van der Waals surface area contributed by atoms with E-state index < -0.39 is 12.0 Å². The molecule has 0 saturated carbocycles. The van der Waals surface area contributed by atoms with Gasteiger partial charge >= 0.3 is 0 Å². The van der Waals surface area contributed by atoms with Crippen molar-refractivity contribution in [1.29, 1.82) is 0 Å². The van der Waals surface area contributed by atoms with Crippen molar-refractivity contribution in [2.45, 2.75) is 25.9 Å². The number of nitrogens with zero attached hydrogens (tertiary/aromatic N) is 1. The van der Waals surface area contributed by atoms with E-state index in [1.807, 2.05) is 0 Å². The monoisotopic (exact) mass is 399 g/mol. The Balaban J connectivity index is 1.32. The Kier molecular flexibility index (Phi) is 5.11. The average Bonchev–Trinajstić information content (AvgIpc) is 3.45. The van der Waals surface area contributed by atoms with Crippen LogP contribution >= 0.6 is 0 Å². The van der Waals surface area contributed by atoms with Gasteiger partial charge in [0.15, 0.2) is 11.5 Å². The molecule has 1 aromatic carbocycles. The Morgan fingerprint density at radius 1 is 1.24 bits per heavy atom. The fraction of sp³-hybridized carbons (Fsp3) is 0.350. The number of hydrogen-bond donors (Lipinski definition) is 2. The van der Waals surface area contributed by atoms with E-state index in [2.05, 4.69) is 10.6 Å². The molecule has 1 aromatic heterocycles. The fourth-order valence-corrected chi connectivity index (χ4v) is 3.32. The number of ether oxygens (including phenoxy) is 2. The highest BCUT2D eigenvalue weighted by molar-refractivity contribution is 6.01. The van der Waals surface area contributed by atoms with Crippen LogP contribution in [0.5, 0.6) is 11.5 Å². The molecule has 9 heteroatoms. The van der Waals surface area contributed by atoms with Crippen LogP contribution in [-0.4, -0.2) is 37.1 Å². The van der Waals surface area contributed by atoms with Crippen molar-refractivity contribution in [3.05, 3.63) is 42.4 Å². The average molecular weight is 399 g/mol. The van der Waals surface area contributed by atoms with Crippen molar-refractivity contribution in [1.82, 2.24) is 10.6 Å². The lowest BCUT2D eigenvalue weighted by Crippen LogP contribution is -2.46. The number of rotatable bonds is 6. The van der Waals surface area contributed by atoms with Crippen molar-refractivity contribution >= 4 is 23.4 Å². The summed E-state index contributed by atoms with van der Waals surface area (Å²) < 4.78 is 15.8. The van der Waals surface area contributed by atoms with Crippen LogP contribution in [0.15, 0.2) is 41.0 Å². The quantitative estimate of drug-likeness (QED) is 0.755. The molecule has 2 aliphatic heterocycles. The molecule has 3 amide bonds. The number of carbonyl (C=O) groups excluding carboxylic acids is 3. The summed E-state index contributed by atoms with van der Waals surface area (Å²) in [7, 11) is 0. The second-order valence-corrected chi connectivity index (χ2v) is 6.97. The predicted octanol–water partition coefficient (Wildman–Crippen LogP) is 1.18. The van der Waals surface area contributed by atoms with Crippen LogP contribution in [0, 0.1) is 5.92 Å². The number of anilines is 1. The molecule has 152 valence electrons. The van der Waals surface area contributed by atoms with Gasteiger partial charge in [-0.1, -0.05) is 0 Å². The standard InChI is InChI=1S/C20H21N3O6/c1-12(19(25)21-9-15-3-2-6-27-15)22-20(26)13-7-18(24)23(10-13)14-4-5-16-17(8-14)29-11-28-16/h2-6,8,12-13H,7,9-11H2,1H3,(H,21,25)(H,22,26)/t12-,13-/m0/s1. The number of hydrogen-bond acceptors (Lipinski definition) is 6. The van der Waals surface area contributed by atoms with Crippen LogP contribution in [0.1, 0.15) is 19.1 Å². The molecule has 0 radical (unpaired) electrons. The molecule has 29 heavy (non-hydrogen) atoms. The first-order chi connectivity index (χ1) is 14.0. The molecule has 0 unspecified atom stereocenters. The maximum absolute atomic E-state index is 12.6. The van der Waals surface area contributed by atoms with Crippen molar-refractivity contribution in [3.8, 4) is 11.5 Å². The predicted molar refractivity (Wildman–Crippen MR) is 101 cm³/mol. The van der Waals surface area contributed by atoms with Crippen molar-refractivity contribution in [2.75, 3.05) is 18.2 Å². The number of fused-ring (bicyclic) bond motifs is 1. The summed E-state index contributed by atoms with van der Waals surface area (Å²) in [6.07, 6.45) is 1.61. The summed E-state index contributed by atoms with van der Waals surface area (Å²) in [6.45, 7) is 2.23. The number of amides is 3. The van der Waals surface area contributed by atoms with E-state index >= 15 is 0 Å². The number of benzene rings is 1. The Morgan fingerprint density at radius 3 is 2.86 bits per heavy atom. The van der Waals surface area contributed by atoms with Gasteiger partial charge in [-0.25, -0.2) is 0 Å². The second-order valence-electron chi connectivity index (χ2n) is 6.97. The van der Waals surface area contributed by atoms with Crippen LogP contribution < -0.4 is 25.0 Å². The topological polar surface area (TPSA) is 110 Å². The van der Waals surface area contributed by atoms with Gasteiger partial charge in [0.05, 0.1) is 18.7 Å². The molecule has 2 atom stereocenters. The summed E-state index contributed by atoms with van der Waals surface area (Å²) in [5, 5.41) is 5.38. The van der Waals surface area contributed by atoms with Gasteiger partial charge in [0.1, 0.15) is 11.8 Å². The van der Waals surface area contributed by atoms with E-state index in [1.54, 1.807) is 42.2 Å². The van der Waals surface area contributed by atoms with Gasteiger partial charge in [-0.05, 0) is 31.2 Å². The van der Waals surface area contributed by atoms with Crippen LogP contribution in [0.25, 0.3) is 0 Å². The lowest BCUT2D eigenvalue weighted by atomic mass is 10.1. The molecule has 1 fully saturated rings. The normalized spacial score (nSPS) is 18.6. The lowest BCUT2D eigenvalue weighted by molar-refractivity contribution is -0.131. The molecule has 3 heterocycles. The summed E-state index contributed by atoms with van der Waals surface area (Å²) >= 11 is 0. The van der Waals surface area contributed by atoms with Gasteiger partial charge in [-0.3, -0.25) is 14.4 Å². The third kappa shape index (κ3) is 4.03. The molecule has 4 rings (SSSR count). The van der Waals surface area contributed by atoms with Gasteiger partial charge < -0.3 is 29.4 Å². The minimum atomic E-state index is -0.729. The van der Waals surface area contributed by atoms with E-state index in [9.17, 15) is 14.4 Å². The molecular weight excluding hydrogens is 378 g/mol. The zero-order valence-electron chi connectivity index (χ0n) is 15.8. The highest BCUT2D eigenvalue weighted by Crippen LogP contribution is 2.37. The van der Waals surface area contributed by atoms with Gasteiger partial charge in [-0.2, -0.15) is 0 Å². The first-order valence-electron chi connectivity index (χ1n) is 9.32. The highest BCUT2D eigenvalue weighted by Gasteiger charge is 2.36. The van der Waals surface area contributed by atoms with Crippen molar-refractivity contribution in [2.24, 2.45) is 5.92 Å². The zero-order valence-corrected chi connectivity index (χ0v) is 15.8. The van der Waals surface area contributed by atoms with Gasteiger partial charge in [-0.15, -0.1) is 0 Å². The summed E-state index contributed by atoms with van der Waals surface area (Å²) in [5.41, 5.74) is 0.652. The minimum Gasteiger partial charge on any atom is -0.467 e. The van der Waals surface area contributed by atoms with E-state index in [1.165, 1.54) is 6.26 Å². The number of furan rings is 1. The van der Waals surface area contributed by atoms with Gasteiger partial charge in [0.25, 0.3) is 0 Å². The third-order valence-corrected chi connectivity index (χ3v) is 4.93. The molecule has 1 saturated heterocycles. The first-order valence-corrected chi connectivity index (χ1v) is 9.32. The maximum Gasteiger partial charge on any atom is 0.242 e. The van der Waals surface area contributed by atoms with E-state index in [0.29, 0.717) is 22.9 Å². The molecule has 2 aliphatic rings. The van der Waals surface area contributed by atoms with Crippen molar-refractivity contribution < 1.29 is 28.3 Å².